The highest BCUT2D eigenvalue weighted by molar-refractivity contribution is 4.98. The first-order chi connectivity index (χ1) is 4.81. The normalized spacial score (nSPS) is 25.6. The third-order valence-corrected chi connectivity index (χ3v) is 2.22. The zero-order valence-electron chi connectivity index (χ0n) is 9.48. The fourth-order valence-electron chi connectivity index (χ4n) is 2.40. The summed E-state index contributed by atoms with van der Waals surface area (Å²) in [5, 5.41) is 3.58. The predicted molar refractivity (Wildman–Crippen MR) is 58.5 cm³/mol. The highest BCUT2D eigenvalue weighted by Gasteiger charge is 2.35. The first-order valence-corrected chi connectivity index (χ1v) is 4.36. The van der Waals surface area contributed by atoms with Crippen molar-refractivity contribution in [2.24, 2.45) is 5.73 Å². The minimum atomic E-state index is 0. The third kappa shape index (κ3) is 4.57. The topological polar surface area (TPSA) is 108 Å². The fourth-order valence-corrected chi connectivity index (χ4v) is 2.40. The first kappa shape index (κ1) is 15.3. The number of hydrogen-bond donors (Lipinski definition) is 4. The Morgan fingerprint density at radius 1 is 1.00 bits per heavy atom. The van der Waals surface area contributed by atoms with E-state index in [9.17, 15) is 0 Å². The Labute approximate surface area is 81.8 Å². The second-order valence-electron chi connectivity index (χ2n) is 5.06. The second-order valence-corrected chi connectivity index (χ2v) is 5.06. The summed E-state index contributed by atoms with van der Waals surface area (Å²) in [4.78, 5) is 0. The fraction of sp³-hybridized carbons (Fsp3) is 1.00. The highest BCUT2D eigenvalue weighted by Crippen LogP contribution is 2.26. The summed E-state index contributed by atoms with van der Waals surface area (Å²) in [6.45, 7) is 8.86. The molecular weight excluding hydrogens is 164 g/mol. The van der Waals surface area contributed by atoms with Crippen molar-refractivity contribution < 1.29 is 0 Å². The molecule has 0 atom stereocenters. The second kappa shape index (κ2) is 4.37. The van der Waals surface area contributed by atoms with Crippen LogP contribution in [0.5, 0.6) is 0 Å². The van der Waals surface area contributed by atoms with Crippen LogP contribution in [0.15, 0.2) is 0 Å². The van der Waals surface area contributed by atoms with Gasteiger partial charge in [-0.2, -0.15) is 0 Å². The molecule has 0 unspecified atom stereocenters. The first-order valence-electron chi connectivity index (χ1n) is 4.36. The number of nitrogens with two attached hydrogens (primary N) is 1. The molecule has 0 aromatic rings. The van der Waals surface area contributed by atoms with Crippen LogP contribution < -0.4 is 23.4 Å². The molecule has 0 aromatic heterocycles. The Hall–Kier alpha value is -0.160. The van der Waals surface area contributed by atoms with E-state index in [4.69, 9.17) is 5.73 Å². The van der Waals surface area contributed by atoms with E-state index in [1.165, 1.54) is 0 Å². The van der Waals surface area contributed by atoms with E-state index >= 15 is 0 Å². The molecule has 0 bridgehead atoms. The molecule has 1 saturated heterocycles. The van der Waals surface area contributed by atoms with E-state index in [0.29, 0.717) is 6.04 Å². The highest BCUT2D eigenvalue weighted by atomic mass is 15.1. The van der Waals surface area contributed by atoms with Crippen LogP contribution in [-0.4, -0.2) is 17.1 Å². The molecule has 82 valence electrons. The summed E-state index contributed by atoms with van der Waals surface area (Å²) in [6.07, 6.45) is 2.16. The molecule has 4 heteroatoms. The van der Waals surface area contributed by atoms with Gasteiger partial charge >= 0.3 is 0 Å². The van der Waals surface area contributed by atoms with Gasteiger partial charge in [-0.3, -0.25) is 0 Å². The smallest absolute Gasteiger partial charge is 0.0144 e. The van der Waals surface area contributed by atoms with E-state index in [-0.39, 0.29) is 23.4 Å². The van der Waals surface area contributed by atoms with Crippen molar-refractivity contribution in [3.05, 3.63) is 0 Å². The lowest BCUT2D eigenvalue weighted by Crippen LogP contribution is -2.60. The minimum Gasteiger partial charge on any atom is -0.344 e. The Balaban J connectivity index is 0. The van der Waals surface area contributed by atoms with Crippen LogP contribution in [0.3, 0.4) is 0 Å². The van der Waals surface area contributed by atoms with Crippen LogP contribution in [0.25, 0.3) is 0 Å². The molecule has 1 heterocycles. The van der Waals surface area contributed by atoms with Gasteiger partial charge in [0.2, 0.25) is 0 Å². The van der Waals surface area contributed by atoms with Crippen molar-refractivity contribution in [3.63, 3.8) is 0 Å². The van der Waals surface area contributed by atoms with Gasteiger partial charge in [-0.1, -0.05) is 0 Å². The minimum absolute atomic E-state index is 0. The summed E-state index contributed by atoms with van der Waals surface area (Å²) in [7, 11) is 0. The van der Waals surface area contributed by atoms with Crippen LogP contribution in [0, 0.1) is 0 Å². The Bertz CT molecular complexity index is 138. The van der Waals surface area contributed by atoms with Crippen molar-refractivity contribution in [3.8, 4) is 0 Å². The van der Waals surface area contributed by atoms with E-state index in [0.717, 1.165) is 12.8 Å². The molecule has 1 rings (SSSR count). The summed E-state index contributed by atoms with van der Waals surface area (Å²) < 4.78 is 0. The lowest BCUT2D eigenvalue weighted by molar-refractivity contribution is 0.163. The van der Waals surface area contributed by atoms with Gasteiger partial charge in [-0.25, -0.2) is 0 Å². The number of rotatable bonds is 0. The van der Waals surface area contributed by atoms with E-state index in [1.807, 2.05) is 0 Å². The molecule has 1 aliphatic heterocycles. The van der Waals surface area contributed by atoms with Gasteiger partial charge in [-0.15, -0.1) is 0 Å². The molecule has 4 nitrogen and oxygen atoms in total. The van der Waals surface area contributed by atoms with Gasteiger partial charge < -0.3 is 23.4 Å². The summed E-state index contributed by atoms with van der Waals surface area (Å²) in [6, 6.07) is 0.362. The van der Waals surface area contributed by atoms with Gasteiger partial charge in [0.25, 0.3) is 0 Å². The molecular formula is C9H26N4. The van der Waals surface area contributed by atoms with Gasteiger partial charge in [0, 0.05) is 17.1 Å². The van der Waals surface area contributed by atoms with Gasteiger partial charge in [0.05, 0.1) is 0 Å². The Morgan fingerprint density at radius 2 is 1.31 bits per heavy atom. The predicted octanol–water partition coefficient (Wildman–Crippen LogP) is 1.58. The van der Waals surface area contributed by atoms with E-state index in [2.05, 4.69) is 33.0 Å². The molecule has 13 heavy (non-hydrogen) atoms. The van der Waals surface area contributed by atoms with Crippen LogP contribution in [0.1, 0.15) is 40.5 Å². The van der Waals surface area contributed by atoms with Crippen LogP contribution in [-0.2, 0) is 0 Å². The largest absolute Gasteiger partial charge is 0.344 e. The molecule has 0 amide bonds. The third-order valence-electron chi connectivity index (χ3n) is 2.22. The maximum absolute atomic E-state index is 5.95. The Morgan fingerprint density at radius 3 is 1.54 bits per heavy atom. The van der Waals surface area contributed by atoms with Gasteiger partial charge in [-0.05, 0) is 40.5 Å². The molecule has 0 aliphatic carbocycles. The summed E-state index contributed by atoms with van der Waals surface area (Å²) in [5.41, 5.74) is 6.36. The summed E-state index contributed by atoms with van der Waals surface area (Å²) >= 11 is 0. The van der Waals surface area contributed by atoms with E-state index in [1.54, 1.807) is 0 Å². The average molecular weight is 190 g/mol. The van der Waals surface area contributed by atoms with Crippen molar-refractivity contribution in [2.75, 3.05) is 0 Å². The van der Waals surface area contributed by atoms with E-state index < -0.39 is 0 Å². The molecule has 0 radical (unpaired) electrons. The molecule has 0 saturated carbocycles. The number of nitrogens with one attached hydrogen (secondary N) is 1. The molecule has 1 fully saturated rings. The zero-order chi connectivity index (χ0) is 8.70. The van der Waals surface area contributed by atoms with Crippen molar-refractivity contribution >= 4 is 0 Å². The monoisotopic (exact) mass is 190 g/mol. The van der Waals surface area contributed by atoms with Gasteiger partial charge in [0.15, 0.2) is 0 Å². The molecule has 0 aromatic carbocycles. The average Bonchev–Trinajstić information content (AvgIpc) is 1.49. The number of hydrogen-bond acceptors (Lipinski definition) is 4. The van der Waals surface area contributed by atoms with Crippen LogP contribution in [0.4, 0.5) is 0 Å². The maximum Gasteiger partial charge on any atom is 0.0144 e. The SMILES string of the molecule is CC1(C)CC(N)CC(C)(C)N1.N.N. The van der Waals surface area contributed by atoms with Crippen molar-refractivity contribution in [1.29, 1.82) is 0 Å². The van der Waals surface area contributed by atoms with Crippen molar-refractivity contribution in [1.82, 2.24) is 17.6 Å². The van der Waals surface area contributed by atoms with Gasteiger partial charge in [0.1, 0.15) is 0 Å². The quantitative estimate of drug-likeness (QED) is 0.465. The molecule has 0 spiro atoms. The van der Waals surface area contributed by atoms with Crippen LogP contribution in [0.2, 0.25) is 0 Å². The lowest BCUT2D eigenvalue weighted by Gasteiger charge is -2.45. The standard InChI is InChI=1S/C9H20N2.2H3N/c1-8(2)5-7(10)6-9(3,4)11-8;;/h7,11H,5-6,10H2,1-4H3;2*1H3. The Kier molecular flexibility index (Phi) is 5.15. The lowest BCUT2D eigenvalue weighted by atomic mass is 9.80. The summed E-state index contributed by atoms with van der Waals surface area (Å²) in [5.74, 6) is 0. The zero-order valence-corrected chi connectivity index (χ0v) is 9.48. The van der Waals surface area contributed by atoms with Crippen molar-refractivity contribution in [2.45, 2.75) is 57.7 Å². The number of piperidine rings is 1. The molecule has 9 N–H and O–H groups in total. The molecule has 1 aliphatic rings. The van der Waals surface area contributed by atoms with Crippen LogP contribution >= 0.6 is 0 Å². The maximum atomic E-state index is 5.95.